The van der Waals surface area contributed by atoms with Crippen LogP contribution in [0, 0.1) is 5.92 Å². The molecule has 2 nitrogen and oxygen atoms in total. The predicted octanol–water partition coefficient (Wildman–Crippen LogP) is 4.19. The number of nitrogens with zero attached hydrogens (tertiary/aromatic N) is 1. The second-order valence-electron chi connectivity index (χ2n) is 7.50. The third-order valence-corrected chi connectivity index (χ3v) is 6.11. The highest BCUT2D eigenvalue weighted by atomic mass is 16.3. The summed E-state index contributed by atoms with van der Waals surface area (Å²) in [5.74, 6) is 0.918. The van der Waals surface area contributed by atoms with Crippen LogP contribution in [0.25, 0.3) is 0 Å². The predicted molar refractivity (Wildman–Crippen MR) is 97.8 cm³/mol. The number of aliphatic hydroxyl groups is 1. The first-order chi connectivity index (χ1) is 11.8. The summed E-state index contributed by atoms with van der Waals surface area (Å²) in [6.45, 7) is 2.51. The first kappa shape index (κ1) is 15.9. The summed E-state index contributed by atoms with van der Waals surface area (Å²) in [5.41, 5.74) is 1.12. The van der Waals surface area contributed by atoms with Crippen molar-refractivity contribution in [1.82, 2.24) is 4.90 Å². The van der Waals surface area contributed by atoms with Gasteiger partial charge in [0.25, 0.3) is 0 Å². The monoisotopic (exact) mass is 321 g/mol. The molecule has 1 unspecified atom stereocenters. The Morgan fingerprint density at radius 1 is 0.875 bits per heavy atom. The van der Waals surface area contributed by atoms with Gasteiger partial charge in [0.1, 0.15) is 5.60 Å². The lowest BCUT2D eigenvalue weighted by molar-refractivity contribution is 0.0168. The molecule has 1 N–H and O–H groups in total. The Balaban J connectivity index is 1.57. The van der Waals surface area contributed by atoms with E-state index in [1.165, 1.54) is 32.4 Å². The van der Waals surface area contributed by atoms with Gasteiger partial charge in [0, 0.05) is 6.04 Å². The number of hydrogen-bond donors (Lipinski definition) is 1. The Labute approximate surface area is 145 Å². The van der Waals surface area contributed by atoms with Crippen LogP contribution in [0.4, 0.5) is 0 Å². The van der Waals surface area contributed by atoms with Crippen molar-refractivity contribution >= 4 is 0 Å². The Morgan fingerprint density at radius 2 is 1.42 bits per heavy atom. The van der Waals surface area contributed by atoms with Gasteiger partial charge in [0.15, 0.2) is 0 Å². The first-order valence-electron chi connectivity index (χ1n) is 9.33. The standard InChI is InChI=1S/C22H27NO/c24-22(19-7-3-1-4-8-19,20-9-5-2-6-10-20)14-11-21-17-18-12-15-23(21)16-13-18/h1-10,18,21,24H,11-17H2. The molecule has 0 aromatic heterocycles. The lowest BCUT2D eigenvalue weighted by Crippen LogP contribution is -2.49. The van der Waals surface area contributed by atoms with Gasteiger partial charge < -0.3 is 10.0 Å². The number of hydrogen-bond acceptors (Lipinski definition) is 2. The Morgan fingerprint density at radius 3 is 1.88 bits per heavy atom. The van der Waals surface area contributed by atoms with Crippen LogP contribution in [-0.2, 0) is 5.60 Å². The van der Waals surface area contributed by atoms with Gasteiger partial charge in [-0.3, -0.25) is 0 Å². The molecule has 5 rings (SSSR count). The minimum atomic E-state index is -0.889. The summed E-state index contributed by atoms with van der Waals surface area (Å²) in [7, 11) is 0. The Kier molecular flexibility index (Phi) is 4.43. The fraction of sp³-hybridized carbons (Fsp3) is 0.455. The topological polar surface area (TPSA) is 23.5 Å². The highest BCUT2D eigenvalue weighted by Crippen LogP contribution is 2.39. The Bertz CT molecular complexity index is 607. The molecular weight excluding hydrogens is 294 g/mol. The molecule has 3 saturated heterocycles. The van der Waals surface area contributed by atoms with Crippen LogP contribution in [0.5, 0.6) is 0 Å². The largest absolute Gasteiger partial charge is 0.380 e. The van der Waals surface area contributed by atoms with Crippen LogP contribution in [0.1, 0.15) is 43.2 Å². The highest BCUT2D eigenvalue weighted by Gasteiger charge is 2.37. The van der Waals surface area contributed by atoms with Crippen LogP contribution >= 0.6 is 0 Å². The van der Waals surface area contributed by atoms with E-state index in [0.717, 1.165) is 29.9 Å². The highest BCUT2D eigenvalue weighted by molar-refractivity contribution is 5.35. The van der Waals surface area contributed by atoms with Crippen LogP contribution in [-0.4, -0.2) is 29.1 Å². The van der Waals surface area contributed by atoms with E-state index in [4.69, 9.17) is 0 Å². The number of rotatable bonds is 5. The second-order valence-corrected chi connectivity index (χ2v) is 7.50. The second kappa shape index (κ2) is 6.70. The molecule has 2 aromatic carbocycles. The Hall–Kier alpha value is -1.64. The van der Waals surface area contributed by atoms with Gasteiger partial charge in [-0.2, -0.15) is 0 Å². The van der Waals surface area contributed by atoms with Crippen molar-refractivity contribution in [2.75, 3.05) is 13.1 Å². The maximum Gasteiger partial charge on any atom is 0.115 e. The zero-order valence-electron chi connectivity index (χ0n) is 14.3. The minimum absolute atomic E-state index is 0.649. The van der Waals surface area contributed by atoms with Gasteiger partial charge >= 0.3 is 0 Å². The molecule has 3 fully saturated rings. The van der Waals surface area contributed by atoms with Gasteiger partial charge in [-0.15, -0.1) is 0 Å². The molecule has 24 heavy (non-hydrogen) atoms. The van der Waals surface area contributed by atoms with Crippen LogP contribution < -0.4 is 0 Å². The first-order valence-corrected chi connectivity index (χ1v) is 9.33. The third-order valence-electron chi connectivity index (χ3n) is 6.11. The summed E-state index contributed by atoms with van der Waals surface area (Å²) in [6.07, 6.45) is 5.92. The van der Waals surface area contributed by atoms with E-state index in [1.54, 1.807) is 0 Å². The fourth-order valence-electron chi connectivity index (χ4n) is 4.65. The maximum absolute atomic E-state index is 11.6. The van der Waals surface area contributed by atoms with Gasteiger partial charge in [0.05, 0.1) is 0 Å². The average Bonchev–Trinajstić information content (AvgIpc) is 2.68. The van der Waals surface area contributed by atoms with E-state index in [9.17, 15) is 5.11 Å². The van der Waals surface area contributed by atoms with E-state index < -0.39 is 5.60 Å². The minimum Gasteiger partial charge on any atom is -0.380 e. The van der Waals surface area contributed by atoms with Crippen molar-refractivity contribution in [3.05, 3.63) is 71.8 Å². The zero-order chi connectivity index (χ0) is 16.4. The number of fused-ring (bicyclic) bond motifs is 3. The van der Waals surface area contributed by atoms with Gasteiger partial charge in [-0.05, 0) is 62.2 Å². The molecular formula is C22H27NO. The van der Waals surface area contributed by atoms with Crippen molar-refractivity contribution in [3.63, 3.8) is 0 Å². The third kappa shape index (κ3) is 3.01. The number of piperidine rings is 3. The van der Waals surface area contributed by atoms with E-state index in [2.05, 4.69) is 29.2 Å². The van der Waals surface area contributed by atoms with E-state index >= 15 is 0 Å². The fourth-order valence-corrected chi connectivity index (χ4v) is 4.65. The van der Waals surface area contributed by atoms with Crippen LogP contribution in [0.2, 0.25) is 0 Å². The lowest BCUT2D eigenvalue weighted by Gasteiger charge is -2.46. The average molecular weight is 321 g/mol. The van der Waals surface area contributed by atoms with Gasteiger partial charge in [-0.1, -0.05) is 60.7 Å². The van der Waals surface area contributed by atoms with Crippen molar-refractivity contribution < 1.29 is 5.11 Å². The molecule has 3 aliphatic heterocycles. The van der Waals surface area contributed by atoms with Crippen molar-refractivity contribution in [1.29, 1.82) is 0 Å². The molecule has 0 radical (unpaired) electrons. The molecule has 126 valence electrons. The normalized spacial score (nSPS) is 26.5. The molecule has 1 atom stereocenters. The molecule has 3 aliphatic rings. The molecule has 0 aliphatic carbocycles. The SMILES string of the molecule is OC(CCC1CC2CCN1CC2)(c1ccccc1)c1ccccc1. The van der Waals surface area contributed by atoms with Gasteiger partial charge in [-0.25, -0.2) is 0 Å². The zero-order valence-corrected chi connectivity index (χ0v) is 14.3. The number of benzene rings is 2. The van der Waals surface area contributed by atoms with Crippen molar-refractivity contribution in [3.8, 4) is 0 Å². The summed E-state index contributed by atoms with van der Waals surface area (Å²) < 4.78 is 0. The van der Waals surface area contributed by atoms with E-state index in [0.29, 0.717) is 6.04 Å². The summed E-state index contributed by atoms with van der Waals surface area (Å²) >= 11 is 0. The smallest absolute Gasteiger partial charge is 0.115 e. The van der Waals surface area contributed by atoms with Gasteiger partial charge in [0.2, 0.25) is 0 Å². The molecule has 2 aromatic rings. The molecule has 0 saturated carbocycles. The van der Waals surface area contributed by atoms with Crippen LogP contribution in [0.15, 0.2) is 60.7 Å². The van der Waals surface area contributed by atoms with Crippen LogP contribution in [0.3, 0.4) is 0 Å². The molecule has 0 amide bonds. The maximum atomic E-state index is 11.6. The molecule has 3 heterocycles. The quantitative estimate of drug-likeness (QED) is 0.893. The van der Waals surface area contributed by atoms with E-state index in [1.807, 2.05) is 36.4 Å². The molecule has 0 spiro atoms. The lowest BCUT2D eigenvalue weighted by atomic mass is 9.77. The summed E-state index contributed by atoms with van der Waals surface area (Å²) in [6, 6.07) is 21.0. The van der Waals surface area contributed by atoms with Crippen molar-refractivity contribution in [2.24, 2.45) is 5.92 Å². The summed E-state index contributed by atoms with van der Waals surface area (Å²) in [5, 5.41) is 11.6. The summed E-state index contributed by atoms with van der Waals surface area (Å²) in [4.78, 5) is 2.65. The molecule has 2 heteroatoms. The van der Waals surface area contributed by atoms with Crippen molar-refractivity contribution in [2.45, 2.75) is 43.7 Å². The van der Waals surface area contributed by atoms with E-state index in [-0.39, 0.29) is 0 Å². The molecule has 2 bridgehead atoms.